The molecule has 1 fully saturated rings. The summed E-state index contributed by atoms with van der Waals surface area (Å²) in [6.45, 7) is 1.22. The number of aliphatic imine (C=N–C) groups is 1. The molecule has 3 aromatic rings. The van der Waals surface area contributed by atoms with E-state index in [2.05, 4.69) is 15.6 Å². The van der Waals surface area contributed by atoms with Gasteiger partial charge in [-0.25, -0.2) is 9.79 Å². The summed E-state index contributed by atoms with van der Waals surface area (Å²) in [6.07, 6.45) is 1.98. The average Bonchev–Trinajstić information content (AvgIpc) is 3.62. The molecule has 0 aliphatic carbocycles. The number of rotatable bonds is 7. The molecule has 2 atom stereocenters. The number of furan rings is 1. The van der Waals surface area contributed by atoms with Gasteiger partial charge in [-0.15, -0.1) is 0 Å². The van der Waals surface area contributed by atoms with Crippen LogP contribution >= 0.6 is 23.2 Å². The molecule has 0 bridgehead atoms. The van der Waals surface area contributed by atoms with Crippen molar-refractivity contribution in [1.82, 2.24) is 20.4 Å². The molecule has 1 saturated heterocycles. The number of β-amino-alcohol motifs (C(OH)–C–C–N with tert-alkyl or cyclic N) is 1. The molecule has 0 unspecified atom stereocenters. The molecule has 5 rings (SSSR count). The Labute approximate surface area is 251 Å². The molecule has 3 heterocycles. The molecular weight excluding hydrogens is 587 g/mol. The molecule has 2 aliphatic rings. The van der Waals surface area contributed by atoms with Crippen LogP contribution in [0.25, 0.3) is 11.0 Å². The lowest BCUT2D eigenvalue weighted by Crippen LogP contribution is -2.51. The fourth-order valence-electron chi connectivity index (χ4n) is 5.22. The van der Waals surface area contributed by atoms with E-state index in [-0.39, 0.29) is 41.3 Å². The first kappa shape index (κ1) is 29.6. The third kappa shape index (κ3) is 6.16. The number of carbonyl (C=O) groups excluding carboxylic acids is 2. The van der Waals surface area contributed by atoms with Gasteiger partial charge in [0.2, 0.25) is 0 Å². The van der Waals surface area contributed by atoms with Crippen LogP contribution in [0.2, 0.25) is 10.0 Å². The van der Waals surface area contributed by atoms with Crippen molar-refractivity contribution >= 4 is 57.9 Å². The van der Waals surface area contributed by atoms with Crippen LogP contribution in [-0.4, -0.2) is 88.7 Å². The minimum Gasteiger partial charge on any atom is -0.480 e. The Balaban J connectivity index is 1.28. The first-order valence-electron chi connectivity index (χ1n) is 13.4. The van der Waals surface area contributed by atoms with Crippen molar-refractivity contribution in [3.63, 3.8) is 0 Å². The lowest BCUT2D eigenvalue weighted by Gasteiger charge is -2.30. The molecule has 0 radical (unpaired) electrons. The number of nitrogens with two attached hydrogens (primary N) is 1. The minimum atomic E-state index is -1.35. The third-order valence-corrected chi connectivity index (χ3v) is 8.11. The van der Waals surface area contributed by atoms with Crippen LogP contribution < -0.4 is 16.4 Å². The number of fused-ring (bicyclic) bond motifs is 2. The van der Waals surface area contributed by atoms with Crippen molar-refractivity contribution < 1.29 is 29.0 Å². The van der Waals surface area contributed by atoms with Gasteiger partial charge in [0.1, 0.15) is 11.6 Å². The van der Waals surface area contributed by atoms with Crippen molar-refractivity contribution in [2.24, 2.45) is 10.7 Å². The van der Waals surface area contributed by atoms with Gasteiger partial charge in [0.05, 0.1) is 34.6 Å². The Kier molecular flexibility index (Phi) is 8.88. The molecule has 12 nitrogen and oxygen atoms in total. The van der Waals surface area contributed by atoms with Crippen molar-refractivity contribution in [1.29, 1.82) is 0 Å². The summed E-state index contributed by atoms with van der Waals surface area (Å²) in [5.74, 6) is -1.87. The number of likely N-dealkylation sites (tertiary alicyclic amines) is 1. The van der Waals surface area contributed by atoms with Gasteiger partial charge >= 0.3 is 5.97 Å². The monoisotopic (exact) mass is 616 g/mol. The maximum atomic E-state index is 13.3. The summed E-state index contributed by atoms with van der Waals surface area (Å²) >= 11 is 13.2. The number of carbonyl (C=O) groups is 3. The Hall–Kier alpha value is -3.84. The van der Waals surface area contributed by atoms with Gasteiger partial charge < -0.3 is 40.8 Å². The predicted octanol–water partition coefficient (Wildman–Crippen LogP) is 2.05. The Bertz CT molecular complexity index is 1560. The van der Waals surface area contributed by atoms with Crippen molar-refractivity contribution in [3.05, 3.63) is 68.9 Å². The first-order chi connectivity index (χ1) is 20.2. The topological polar surface area (TPSA) is 174 Å². The standard InChI is InChI=1S/C28H30Cl2N6O6/c29-20-9-17-12-35(26(39)16-2-1-15-5-8-42-22(15)10-16)7-4-19(17)24(30)23(20)25(38)34-21(27(40)41)11-32-28(33-14-31)36-6-3-18(37)13-36/h1-2,5,8-10,18,21,37H,3-4,6-7,11-14,31H2,(H,32,33)(H,34,38)(H,40,41)/t18-,21+/m1/s1. The van der Waals surface area contributed by atoms with Gasteiger partial charge in [0.15, 0.2) is 5.96 Å². The lowest BCUT2D eigenvalue weighted by molar-refractivity contribution is -0.139. The van der Waals surface area contributed by atoms with Crippen LogP contribution in [0.3, 0.4) is 0 Å². The zero-order valence-corrected chi connectivity index (χ0v) is 24.0. The van der Waals surface area contributed by atoms with E-state index in [0.717, 1.165) is 5.39 Å². The van der Waals surface area contributed by atoms with Gasteiger partial charge in [0, 0.05) is 43.7 Å². The summed E-state index contributed by atoms with van der Waals surface area (Å²) in [5, 5.41) is 26.1. The van der Waals surface area contributed by atoms with E-state index in [1.807, 2.05) is 12.1 Å². The molecule has 222 valence electrons. The maximum absolute atomic E-state index is 13.3. The quantitative estimate of drug-likeness (QED) is 0.196. The molecule has 0 saturated carbocycles. The second-order valence-corrected chi connectivity index (χ2v) is 10.9. The number of nitrogens with zero attached hydrogens (tertiary/aromatic N) is 3. The van der Waals surface area contributed by atoms with Gasteiger partial charge in [-0.3, -0.25) is 9.59 Å². The second-order valence-electron chi connectivity index (χ2n) is 10.1. The molecular formula is C28H30Cl2N6O6. The summed E-state index contributed by atoms with van der Waals surface area (Å²) < 4.78 is 5.42. The Morgan fingerprint density at radius 1 is 1.17 bits per heavy atom. The number of nitrogens with one attached hydrogen (secondary N) is 2. The van der Waals surface area contributed by atoms with Gasteiger partial charge in [-0.2, -0.15) is 0 Å². The number of benzene rings is 2. The molecule has 1 aromatic heterocycles. The Morgan fingerprint density at radius 3 is 2.69 bits per heavy atom. The average molecular weight is 617 g/mol. The summed E-state index contributed by atoms with van der Waals surface area (Å²) in [6, 6.07) is 7.33. The number of aliphatic hydroxyl groups excluding tert-OH is 1. The van der Waals surface area contributed by atoms with Crippen molar-refractivity contribution in [2.45, 2.75) is 31.5 Å². The molecule has 2 aromatic carbocycles. The molecule has 0 spiro atoms. The van der Waals surface area contributed by atoms with Crippen molar-refractivity contribution in [3.8, 4) is 0 Å². The van der Waals surface area contributed by atoms with Crippen LogP contribution in [-0.2, 0) is 17.8 Å². The molecule has 2 amide bonds. The van der Waals surface area contributed by atoms with E-state index in [1.165, 1.54) is 0 Å². The zero-order valence-electron chi connectivity index (χ0n) is 22.5. The third-order valence-electron chi connectivity index (χ3n) is 7.39. The number of hydrogen-bond acceptors (Lipinski definition) is 7. The number of hydrogen-bond donors (Lipinski definition) is 5. The molecule has 14 heteroatoms. The van der Waals surface area contributed by atoms with Crippen LogP contribution in [0.15, 0.2) is 46.0 Å². The summed E-state index contributed by atoms with van der Waals surface area (Å²) in [7, 11) is 0. The highest BCUT2D eigenvalue weighted by atomic mass is 35.5. The highest BCUT2D eigenvalue weighted by Crippen LogP contribution is 2.35. The summed E-state index contributed by atoms with van der Waals surface area (Å²) in [5.41, 5.74) is 8.00. The number of amides is 2. The largest absolute Gasteiger partial charge is 0.480 e. The van der Waals surface area contributed by atoms with E-state index >= 15 is 0 Å². The van der Waals surface area contributed by atoms with Crippen molar-refractivity contribution in [2.75, 3.05) is 32.8 Å². The molecule has 2 aliphatic heterocycles. The van der Waals surface area contributed by atoms with E-state index in [0.29, 0.717) is 60.7 Å². The zero-order chi connectivity index (χ0) is 30.0. The van der Waals surface area contributed by atoms with E-state index in [4.69, 9.17) is 33.4 Å². The number of halogens is 2. The maximum Gasteiger partial charge on any atom is 0.328 e. The lowest BCUT2D eigenvalue weighted by atomic mass is 9.96. The smallest absolute Gasteiger partial charge is 0.328 e. The van der Waals surface area contributed by atoms with Crippen LogP contribution in [0.5, 0.6) is 0 Å². The fourth-order valence-corrected chi connectivity index (χ4v) is 5.98. The number of aliphatic carboxylic acids is 1. The number of aliphatic hydroxyl groups is 1. The van der Waals surface area contributed by atoms with Gasteiger partial charge in [-0.05, 0) is 48.2 Å². The first-order valence-corrected chi connectivity index (χ1v) is 14.1. The number of carboxylic acids is 1. The summed E-state index contributed by atoms with van der Waals surface area (Å²) in [4.78, 5) is 46.1. The number of carboxylic acid groups (broad SMARTS) is 1. The number of guanidine groups is 1. The Morgan fingerprint density at radius 2 is 1.98 bits per heavy atom. The highest BCUT2D eigenvalue weighted by Gasteiger charge is 2.30. The molecule has 6 N–H and O–H groups in total. The van der Waals surface area contributed by atoms with Gasteiger partial charge in [0.25, 0.3) is 11.8 Å². The molecule has 42 heavy (non-hydrogen) atoms. The SMILES string of the molecule is NC/N=C(/NC[C@H](NC(=O)c1c(Cl)cc2c(c1Cl)CCN(C(=O)c1ccc3ccoc3c1)C2)C(=O)O)N1CC[C@@H](O)C1. The fraction of sp³-hybridized carbons (Fsp3) is 0.357. The minimum absolute atomic E-state index is 0.0371. The van der Waals surface area contributed by atoms with E-state index in [1.54, 1.807) is 34.3 Å². The van der Waals surface area contributed by atoms with E-state index in [9.17, 15) is 24.6 Å². The van der Waals surface area contributed by atoms with Crippen LogP contribution in [0, 0.1) is 0 Å². The highest BCUT2D eigenvalue weighted by molar-refractivity contribution is 6.40. The van der Waals surface area contributed by atoms with E-state index < -0.39 is 24.0 Å². The normalized spacial score (nSPS) is 17.7. The predicted molar refractivity (Wildman–Crippen MR) is 157 cm³/mol. The van der Waals surface area contributed by atoms with Crippen LogP contribution in [0.1, 0.15) is 38.3 Å². The van der Waals surface area contributed by atoms with Crippen LogP contribution in [0.4, 0.5) is 0 Å². The second kappa shape index (κ2) is 12.6. The van der Waals surface area contributed by atoms with Gasteiger partial charge in [-0.1, -0.05) is 29.3 Å².